The van der Waals surface area contributed by atoms with E-state index >= 15 is 0 Å². The maximum atomic E-state index is 12.4. The van der Waals surface area contributed by atoms with Crippen LogP contribution in [0, 0.1) is 0 Å². The Morgan fingerprint density at radius 2 is 2.13 bits per heavy atom. The second-order valence-electron chi connectivity index (χ2n) is 5.40. The molecular formula is C15H14N4O3S. The van der Waals surface area contributed by atoms with Gasteiger partial charge in [0, 0.05) is 24.4 Å². The van der Waals surface area contributed by atoms with E-state index in [4.69, 9.17) is 9.47 Å². The lowest BCUT2D eigenvalue weighted by molar-refractivity contribution is 0.101. The summed E-state index contributed by atoms with van der Waals surface area (Å²) in [7, 11) is 0. The molecule has 0 saturated heterocycles. The van der Waals surface area contributed by atoms with E-state index in [0.717, 1.165) is 10.2 Å². The monoisotopic (exact) mass is 330 g/mol. The van der Waals surface area contributed by atoms with Gasteiger partial charge in [-0.25, -0.2) is 4.98 Å². The molecule has 1 N–H and O–H groups in total. The normalized spacial score (nSPS) is 13.0. The van der Waals surface area contributed by atoms with Crippen molar-refractivity contribution in [3.63, 3.8) is 0 Å². The zero-order chi connectivity index (χ0) is 16.0. The van der Waals surface area contributed by atoms with E-state index in [1.807, 2.05) is 26.0 Å². The molecule has 0 fully saturated rings. The summed E-state index contributed by atoms with van der Waals surface area (Å²) < 4.78 is 13.3. The van der Waals surface area contributed by atoms with Gasteiger partial charge in [0.05, 0.1) is 10.2 Å². The largest absolute Gasteiger partial charge is 0.454 e. The highest BCUT2D eigenvalue weighted by Crippen LogP contribution is 2.39. The van der Waals surface area contributed by atoms with Crippen molar-refractivity contribution >= 4 is 32.6 Å². The highest BCUT2D eigenvalue weighted by atomic mass is 32.1. The fourth-order valence-electron chi connectivity index (χ4n) is 2.44. The third kappa shape index (κ3) is 2.40. The van der Waals surface area contributed by atoms with Gasteiger partial charge in [-0.15, -0.1) is 0 Å². The molecule has 7 nitrogen and oxygen atoms in total. The number of anilines is 1. The van der Waals surface area contributed by atoms with Crippen LogP contribution in [0.4, 0.5) is 5.13 Å². The summed E-state index contributed by atoms with van der Waals surface area (Å²) in [5.41, 5.74) is 1.28. The zero-order valence-corrected chi connectivity index (χ0v) is 13.4. The Balaban J connectivity index is 1.62. The smallest absolute Gasteiger partial charge is 0.275 e. The molecule has 8 heteroatoms. The minimum atomic E-state index is -0.227. The first-order valence-electron chi connectivity index (χ1n) is 7.17. The maximum absolute atomic E-state index is 12.4. The van der Waals surface area contributed by atoms with Gasteiger partial charge in [0.15, 0.2) is 16.6 Å². The number of benzene rings is 1. The van der Waals surface area contributed by atoms with Gasteiger partial charge >= 0.3 is 0 Å². The predicted octanol–water partition coefficient (Wildman–Crippen LogP) is 3.05. The number of fused-ring (bicyclic) bond motifs is 2. The third-order valence-corrected chi connectivity index (χ3v) is 4.43. The lowest BCUT2D eigenvalue weighted by Crippen LogP contribution is -2.18. The van der Waals surface area contributed by atoms with Crippen molar-refractivity contribution in [2.45, 2.75) is 19.9 Å². The van der Waals surface area contributed by atoms with Crippen LogP contribution >= 0.6 is 11.3 Å². The molecule has 3 heterocycles. The van der Waals surface area contributed by atoms with Crippen LogP contribution in [0.15, 0.2) is 24.4 Å². The Hall–Kier alpha value is -2.61. The number of hydrogen-bond acceptors (Lipinski definition) is 6. The van der Waals surface area contributed by atoms with Crippen molar-refractivity contribution in [1.29, 1.82) is 0 Å². The summed E-state index contributed by atoms with van der Waals surface area (Å²) in [4.78, 5) is 16.9. The van der Waals surface area contributed by atoms with E-state index in [0.29, 0.717) is 22.3 Å². The van der Waals surface area contributed by atoms with Crippen LogP contribution in [0.25, 0.3) is 10.2 Å². The number of aromatic nitrogens is 3. The molecule has 0 radical (unpaired) electrons. The molecule has 0 aliphatic carbocycles. The second kappa shape index (κ2) is 5.24. The molecule has 2 aromatic heterocycles. The van der Waals surface area contributed by atoms with Crippen LogP contribution in [0.1, 0.15) is 30.4 Å². The van der Waals surface area contributed by atoms with E-state index in [-0.39, 0.29) is 18.7 Å². The molecule has 1 aromatic carbocycles. The average Bonchev–Trinajstić information content (AvgIpc) is 3.22. The molecule has 23 heavy (non-hydrogen) atoms. The van der Waals surface area contributed by atoms with Crippen LogP contribution in [0.2, 0.25) is 0 Å². The number of ether oxygens (including phenoxy) is 2. The van der Waals surface area contributed by atoms with Crippen LogP contribution < -0.4 is 14.8 Å². The number of hydrogen-bond donors (Lipinski definition) is 1. The average molecular weight is 330 g/mol. The minimum absolute atomic E-state index is 0.110. The number of carbonyl (C=O) groups excluding carboxylic acids is 1. The number of rotatable bonds is 3. The SMILES string of the molecule is CC(C)n1nccc1C(=O)Nc1nc2cc3c(cc2s1)OCO3. The predicted molar refractivity (Wildman–Crippen MR) is 86.3 cm³/mol. The van der Waals surface area contributed by atoms with Gasteiger partial charge in [0.25, 0.3) is 5.91 Å². The molecule has 3 aromatic rings. The second-order valence-corrected chi connectivity index (χ2v) is 6.43. The Morgan fingerprint density at radius 3 is 2.91 bits per heavy atom. The van der Waals surface area contributed by atoms with Crippen molar-refractivity contribution < 1.29 is 14.3 Å². The molecule has 0 saturated carbocycles. The minimum Gasteiger partial charge on any atom is -0.454 e. The van der Waals surface area contributed by atoms with Crippen molar-refractivity contribution in [3.05, 3.63) is 30.1 Å². The molecule has 1 aliphatic heterocycles. The standard InChI is InChI=1S/C15H14N4O3S/c1-8(2)19-10(3-4-16-19)14(20)18-15-17-9-5-11-12(22-7-21-11)6-13(9)23-15/h3-6,8H,7H2,1-2H3,(H,17,18,20). The quantitative estimate of drug-likeness (QED) is 0.798. The van der Waals surface area contributed by atoms with Crippen molar-refractivity contribution in [1.82, 2.24) is 14.8 Å². The van der Waals surface area contributed by atoms with Crippen molar-refractivity contribution in [3.8, 4) is 11.5 Å². The van der Waals surface area contributed by atoms with Gasteiger partial charge in [0.2, 0.25) is 6.79 Å². The van der Waals surface area contributed by atoms with Crippen LogP contribution in [0.5, 0.6) is 11.5 Å². The Labute approximate surface area is 135 Å². The van der Waals surface area contributed by atoms with Crippen LogP contribution in [-0.2, 0) is 0 Å². The molecule has 0 unspecified atom stereocenters. The summed E-state index contributed by atoms with van der Waals surface area (Å²) in [5.74, 6) is 1.16. The van der Waals surface area contributed by atoms with Gasteiger partial charge in [-0.05, 0) is 19.9 Å². The summed E-state index contributed by atoms with van der Waals surface area (Å²) in [6.07, 6.45) is 1.62. The third-order valence-electron chi connectivity index (χ3n) is 3.50. The first-order chi connectivity index (χ1) is 11.1. The lowest BCUT2D eigenvalue weighted by atomic mass is 10.3. The van der Waals surface area contributed by atoms with Gasteiger partial charge < -0.3 is 9.47 Å². The lowest BCUT2D eigenvalue weighted by Gasteiger charge is -2.09. The molecule has 0 atom stereocenters. The van der Waals surface area contributed by atoms with E-state index in [1.54, 1.807) is 16.9 Å². The zero-order valence-electron chi connectivity index (χ0n) is 12.6. The first-order valence-corrected chi connectivity index (χ1v) is 7.98. The number of thiazole rings is 1. The fraction of sp³-hybridized carbons (Fsp3) is 0.267. The number of carbonyl (C=O) groups is 1. The topological polar surface area (TPSA) is 78.3 Å². The fourth-order valence-corrected chi connectivity index (χ4v) is 3.31. The van der Waals surface area contributed by atoms with E-state index in [2.05, 4.69) is 15.4 Å². The summed E-state index contributed by atoms with van der Waals surface area (Å²) in [5, 5.41) is 7.53. The molecule has 0 spiro atoms. The molecule has 1 aliphatic rings. The summed E-state index contributed by atoms with van der Waals surface area (Å²) in [6.45, 7) is 4.18. The number of nitrogens with zero attached hydrogens (tertiary/aromatic N) is 3. The highest BCUT2D eigenvalue weighted by molar-refractivity contribution is 7.22. The molecule has 118 valence electrons. The first kappa shape index (κ1) is 14.0. The van der Waals surface area contributed by atoms with E-state index < -0.39 is 0 Å². The maximum Gasteiger partial charge on any atom is 0.275 e. The Morgan fingerprint density at radius 1 is 1.35 bits per heavy atom. The summed E-state index contributed by atoms with van der Waals surface area (Å²) >= 11 is 1.39. The molecule has 1 amide bonds. The van der Waals surface area contributed by atoms with Crippen LogP contribution in [0.3, 0.4) is 0 Å². The number of nitrogens with one attached hydrogen (secondary N) is 1. The van der Waals surface area contributed by atoms with E-state index in [9.17, 15) is 4.79 Å². The van der Waals surface area contributed by atoms with Gasteiger partial charge in [-0.2, -0.15) is 5.10 Å². The molecule has 4 rings (SSSR count). The van der Waals surface area contributed by atoms with Crippen molar-refractivity contribution in [2.75, 3.05) is 12.1 Å². The van der Waals surface area contributed by atoms with Gasteiger partial charge in [0.1, 0.15) is 5.69 Å². The molecule has 0 bridgehead atoms. The van der Waals surface area contributed by atoms with Gasteiger partial charge in [-0.1, -0.05) is 11.3 Å². The highest BCUT2D eigenvalue weighted by Gasteiger charge is 2.19. The van der Waals surface area contributed by atoms with E-state index in [1.165, 1.54) is 11.3 Å². The Bertz CT molecular complexity index is 858. The van der Waals surface area contributed by atoms with Gasteiger partial charge in [-0.3, -0.25) is 14.8 Å². The van der Waals surface area contributed by atoms with Crippen molar-refractivity contribution in [2.24, 2.45) is 0 Å². The summed E-state index contributed by atoms with van der Waals surface area (Å²) in [6, 6.07) is 5.50. The number of amides is 1. The Kier molecular flexibility index (Phi) is 3.19. The van der Waals surface area contributed by atoms with Crippen LogP contribution in [-0.4, -0.2) is 27.5 Å². The molecular weight excluding hydrogens is 316 g/mol.